The summed E-state index contributed by atoms with van der Waals surface area (Å²) in [5.74, 6) is 0.183. The van der Waals surface area contributed by atoms with Gasteiger partial charge >= 0.3 is 0 Å². The number of benzene rings is 1. The summed E-state index contributed by atoms with van der Waals surface area (Å²) in [6.45, 7) is 2.25. The first-order valence-electron chi connectivity index (χ1n) is 6.73. The number of fused-ring (bicyclic) bond motifs is 1. The van der Waals surface area contributed by atoms with Crippen LogP contribution in [0.25, 0.3) is 10.9 Å². The molecule has 0 radical (unpaired) electrons. The van der Waals surface area contributed by atoms with Crippen LogP contribution in [0.1, 0.15) is 11.4 Å². The van der Waals surface area contributed by atoms with Crippen LogP contribution in [0.3, 0.4) is 0 Å². The summed E-state index contributed by atoms with van der Waals surface area (Å²) >= 11 is 6.21. The molecule has 0 amide bonds. The molecule has 5 nitrogen and oxygen atoms in total. The van der Waals surface area contributed by atoms with Gasteiger partial charge in [-0.25, -0.2) is 4.98 Å². The molecule has 0 unspecified atom stereocenters. The fraction of sp³-hybridized carbons (Fsp3) is 0.125. The van der Waals surface area contributed by atoms with Crippen LogP contribution in [-0.4, -0.2) is 15.1 Å². The summed E-state index contributed by atoms with van der Waals surface area (Å²) in [5.41, 5.74) is 4.79. The van der Waals surface area contributed by atoms with Crippen molar-refractivity contribution < 1.29 is 9.94 Å². The molecule has 3 aromatic rings. The highest BCUT2D eigenvalue weighted by molar-refractivity contribution is 6.35. The molecule has 3 rings (SSSR count). The third-order valence-electron chi connectivity index (χ3n) is 3.17. The Bertz CT molecular complexity index is 809. The number of aromatic nitrogens is 2. The lowest BCUT2D eigenvalue weighted by atomic mass is 10.2. The van der Waals surface area contributed by atoms with Crippen molar-refractivity contribution in [2.75, 3.05) is 0 Å². The van der Waals surface area contributed by atoms with E-state index in [4.69, 9.17) is 16.4 Å². The predicted octanol–water partition coefficient (Wildman–Crippen LogP) is 3.38. The van der Waals surface area contributed by atoms with Gasteiger partial charge in [-0.05, 0) is 31.2 Å². The highest BCUT2D eigenvalue weighted by Crippen LogP contribution is 2.37. The van der Waals surface area contributed by atoms with E-state index in [1.54, 1.807) is 12.3 Å². The molecule has 0 bridgehead atoms. The third kappa shape index (κ3) is 2.95. The average Bonchev–Trinajstić information content (AvgIpc) is 2.53. The van der Waals surface area contributed by atoms with Crippen molar-refractivity contribution in [2.24, 2.45) is 0 Å². The molecular weight excluding hydrogens is 302 g/mol. The van der Waals surface area contributed by atoms with Crippen molar-refractivity contribution in [3.05, 3.63) is 59.0 Å². The van der Waals surface area contributed by atoms with Crippen LogP contribution in [0.2, 0.25) is 5.02 Å². The fourth-order valence-corrected chi connectivity index (χ4v) is 2.33. The lowest BCUT2D eigenvalue weighted by molar-refractivity contribution is 0.182. The second-order valence-corrected chi connectivity index (χ2v) is 5.21. The van der Waals surface area contributed by atoms with E-state index in [0.717, 1.165) is 11.4 Å². The summed E-state index contributed by atoms with van der Waals surface area (Å²) in [7, 11) is 0. The summed E-state index contributed by atoms with van der Waals surface area (Å²) in [6, 6.07) is 10.8. The van der Waals surface area contributed by atoms with Gasteiger partial charge in [0.15, 0.2) is 11.5 Å². The summed E-state index contributed by atoms with van der Waals surface area (Å²) in [4.78, 5) is 13.9. The van der Waals surface area contributed by atoms with Gasteiger partial charge in [0.05, 0.1) is 17.3 Å². The number of pyridine rings is 2. The molecular formula is C16H14ClN3O2. The minimum absolute atomic E-state index is 0.0448. The zero-order chi connectivity index (χ0) is 15.5. The van der Waals surface area contributed by atoms with Crippen LogP contribution in [0.15, 0.2) is 42.6 Å². The Labute approximate surface area is 132 Å². The van der Waals surface area contributed by atoms with Gasteiger partial charge < -0.3 is 9.94 Å². The van der Waals surface area contributed by atoms with Gasteiger partial charge in [0.2, 0.25) is 0 Å². The number of hydrogen-bond donors (Lipinski definition) is 2. The molecule has 0 aliphatic heterocycles. The average molecular weight is 316 g/mol. The largest absolute Gasteiger partial charge is 0.503 e. The maximum Gasteiger partial charge on any atom is 0.192 e. The maximum atomic E-state index is 10.3. The minimum Gasteiger partial charge on any atom is -0.503 e. The van der Waals surface area contributed by atoms with Crippen LogP contribution in [0, 0.1) is 6.92 Å². The number of hydrogen-bond acceptors (Lipinski definition) is 5. The Morgan fingerprint density at radius 2 is 2.14 bits per heavy atom. The Hall–Kier alpha value is -2.37. The van der Waals surface area contributed by atoms with Gasteiger partial charge in [0.25, 0.3) is 0 Å². The Morgan fingerprint density at radius 1 is 1.27 bits per heavy atom. The van der Waals surface area contributed by atoms with E-state index in [0.29, 0.717) is 22.5 Å². The van der Waals surface area contributed by atoms with Gasteiger partial charge in [-0.15, -0.1) is 0 Å². The molecule has 0 fully saturated rings. The molecule has 0 saturated carbocycles. The number of nitrogens with zero attached hydrogens (tertiary/aromatic N) is 2. The molecule has 1 aromatic carbocycles. The van der Waals surface area contributed by atoms with E-state index >= 15 is 0 Å². The first kappa shape index (κ1) is 14.6. The van der Waals surface area contributed by atoms with E-state index < -0.39 is 0 Å². The van der Waals surface area contributed by atoms with Gasteiger partial charge in [-0.3, -0.25) is 4.98 Å². The smallest absolute Gasteiger partial charge is 0.192 e. The van der Waals surface area contributed by atoms with E-state index in [1.165, 1.54) is 0 Å². The Kier molecular flexibility index (Phi) is 4.09. The first-order valence-corrected chi connectivity index (χ1v) is 7.11. The zero-order valence-electron chi connectivity index (χ0n) is 11.9. The highest BCUT2D eigenvalue weighted by atomic mass is 35.5. The number of rotatable bonds is 4. The molecule has 2 aromatic heterocycles. The van der Waals surface area contributed by atoms with Crippen LogP contribution in [0.5, 0.6) is 11.5 Å². The van der Waals surface area contributed by atoms with Crippen LogP contribution in [-0.2, 0) is 6.54 Å². The monoisotopic (exact) mass is 315 g/mol. The van der Waals surface area contributed by atoms with E-state index in [9.17, 15) is 5.11 Å². The predicted molar refractivity (Wildman–Crippen MR) is 84.9 cm³/mol. The second-order valence-electron chi connectivity index (χ2n) is 4.80. The summed E-state index contributed by atoms with van der Waals surface area (Å²) in [5, 5.41) is 11.4. The number of phenolic OH excluding ortho intramolecular Hbond substituents is 1. The highest BCUT2D eigenvalue weighted by Gasteiger charge is 2.13. The van der Waals surface area contributed by atoms with E-state index in [2.05, 4.69) is 15.4 Å². The lowest BCUT2D eigenvalue weighted by Gasteiger charge is -2.11. The van der Waals surface area contributed by atoms with Crippen LogP contribution < -0.4 is 10.3 Å². The maximum absolute atomic E-state index is 10.3. The van der Waals surface area contributed by atoms with E-state index in [1.807, 2.05) is 37.3 Å². The van der Waals surface area contributed by atoms with Crippen molar-refractivity contribution in [2.45, 2.75) is 13.5 Å². The molecule has 0 aliphatic rings. The number of hydroxylamine groups is 1. The Morgan fingerprint density at radius 3 is 2.91 bits per heavy atom. The van der Waals surface area contributed by atoms with E-state index in [-0.39, 0.29) is 11.5 Å². The molecule has 112 valence electrons. The molecule has 6 heteroatoms. The lowest BCUT2D eigenvalue weighted by Crippen LogP contribution is -2.18. The normalized spacial score (nSPS) is 10.8. The van der Waals surface area contributed by atoms with Crippen LogP contribution >= 0.6 is 11.6 Å². The molecule has 0 atom stereocenters. The first-order chi connectivity index (χ1) is 10.6. The molecule has 22 heavy (non-hydrogen) atoms. The summed E-state index contributed by atoms with van der Waals surface area (Å²) < 4.78 is 0. The van der Waals surface area contributed by atoms with Crippen LogP contribution in [0.4, 0.5) is 0 Å². The van der Waals surface area contributed by atoms with Crippen molar-refractivity contribution in [3.8, 4) is 11.5 Å². The summed E-state index contributed by atoms with van der Waals surface area (Å²) in [6.07, 6.45) is 1.70. The zero-order valence-corrected chi connectivity index (χ0v) is 12.6. The van der Waals surface area contributed by atoms with Crippen molar-refractivity contribution in [3.63, 3.8) is 0 Å². The number of aromatic hydroxyl groups is 1. The second kappa shape index (κ2) is 6.17. The quantitative estimate of drug-likeness (QED) is 0.722. The number of phenols is 1. The van der Waals surface area contributed by atoms with Gasteiger partial charge in [0, 0.05) is 23.3 Å². The molecule has 0 saturated heterocycles. The van der Waals surface area contributed by atoms with Crippen molar-refractivity contribution >= 4 is 22.5 Å². The topological polar surface area (TPSA) is 67.3 Å². The van der Waals surface area contributed by atoms with Gasteiger partial charge in [-0.2, -0.15) is 5.48 Å². The molecule has 0 aliphatic carbocycles. The molecule has 2 N–H and O–H groups in total. The number of aryl methyl sites for hydroxylation is 1. The minimum atomic E-state index is -0.0448. The van der Waals surface area contributed by atoms with Crippen molar-refractivity contribution in [1.82, 2.24) is 15.4 Å². The molecule has 0 spiro atoms. The third-order valence-corrected chi connectivity index (χ3v) is 3.48. The fourth-order valence-electron chi connectivity index (χ4n) is 2.08. The SMILES string of the molecule is Cc1ccc2c(Cl)cc(ONCc3ccccn3)c(O)c2n1. The number of halogens is 1. The molecule has 2 heterocycles. The van der Waals surface area contributed by atoms with Gasteiger partial charge in [0.1, 0.15) is 5.52 Å². The Balaban J connectivity index is 1.83. The number of nitrogens with one attached hydrogen (secondary N) is 1. The standard InChI is InChI=1S/C16H14ClN3O2/c1-10-5-6-12-13(17)8-14(16(21)15(12)20-10)22-19-9-11-4-2-3-7-18-11/h2-8,19,21H,9H2,1H3. The van der Waals surface area contributed by atoms with Crippen molar-refractivity contribution in [1.29, 1.82) is 0 Å². The van der Waals surface area contributed by atoms with Gasteiger partial charge in [-0.1, -0.05) is 17.7 Å².